The summed E-state index contributed by atoms with van der Waals surface area (Å²) in [6, 6.07) is 12.3. The fourth-order valence-corrected chi connectivity index (χ4v) is 6.25. The SMILES string of the molecule is CCOC(=O)Cn1c(C)c(/C=c2/sc3n(c2=O)[C@H](c2ccc(OCC)c(OCC)c2)C(C(=O)OC)=CN=3)c2ccccc21. The third-order valence-electron chi connectivity index (χ3n) is 7.16. The van der Waals surface area contributed by atoms with E-state index in [1.54, 1.807) is 19.1 Å². The molecule has 1 atom stereocenters. The fourth-order valence-electron chi connectivity index (χ4n) is 5.30. The summed E-state index contributed by atoms with van der Waals surface area (Å²) >= 11 is 1.23. The van der Waals surface area contributed by atoms with Crippen LogP contribution in [0, 0.1) is 6.92 Å². The Morgan fingerprint density at radius 1 is 1.02 bits per heavy atom. The quantitative estimate of drug-likeness (QED) is 0.255. The Kier molecular flexibility index (Phi) is 8.81. The molecule has 0 radical (unpaired) electrons. The molecular weight excluding hydrogens is 570 g/mol. The molecule has 1 aliphatic rings. The van der Waals surface area contributed by atoms with E-state index in [1.165, 1.54) is 29.2 Å². The summed E-state index contributed by atoms with van der Waals surface area (Å²) in [4.78, 5) is 44.3. The van der Waals surface area contributed by atoms with Crippen LogP contribution in [0.3, 0.4) is 0 Å². The van der Waals surface area contributed by atoms with Crippen LogP contribution in [0.5, 0.6) is 11.5 Å². The van der Waals surface area contributed by atoms with E-state index in [0.29, 0.717) is 46.2 Å². The predicted molar refractivity (Wildman–Crippen MR) is 163 cm³/mol. The molecular formula is C32H33N3O7S. The van der Waals surface area contributed by atoms with Gasteiger partial charge in [-0.1, -0.05) is 35.6 Å². The second-order valence-corrected chi connectivity index (χ2v) is 10.7. The smallest absolute Gasteiger partial charge is 0.337 e. The second kappa shape index (κ2) is 12.7. The van der Waals surface area contributed by atoms with E-state index in [1.807, 2.05) is 61.7 Å². The van der Waals surface area contributed by atoms with Crippen molar-refractivity contribution < 1.29 is 28.5 Å². The number of methoxy groups -OCH3 is 1. The number of rotatable bonds is 10. The first kappa shape index (κ1) is 29.8. The first-order valence-electron chi connectivity index (χ1n) is 14.0. The molecule has 2 aromatic heterocycles. The van der Waals surface area contributed by atoms with E-state index in [9.17, 15) is 14.4 Å². The van der Waals surface area contributed by atoms with Crippen molar-refractivity contribution in [1.82, 2.24) is 9.13 Å². The predicted octanol–water partition coefficient (Wildman–Crippen LogP) is 3.64. The number of carbonyl (C=O) groups is 2. The van der Waals surface area contributed by atoms with Crippen LogP contribution in [0.2, 0.25) is 0 Å². The van der Waals surface area contributed by atoms with Gasteiger partial charge in [-0.15, -0.1) is 0 Å². The average molecular weight is 604 g/mol. The van der Waals surface area contributed by atoms with Crippen LogP contribution in [-0.2, 0) is 25.6 Å². The maximum Gasteiger partial charge on any atom is 0.337 e. The van der Waals surface area contributed by atoms with Crippen molar-refractivity contribution in [3.8, 4) is 11.5 Å². The highest BCUT2D eigenvalue weighted by molar-refractivity contribution is 7.07. The number of hydrogen-bond donors (Lipinski definition) is 0. The van der Waals surface area contributed by atoms with Gasteiger partial charge in [0.15, 0.2) is 16.3 Å². The number of hydrogen-bond acceptors (Lipinski definition) is 9. The molecule has 1 aliphatic heterocycles. The van der Waals surface area contributed by atoms with Gasteiger partial charge in [0, 0.05) is 28.4 Å². The zero-order chi connectivity index (χ0) is 30.7. The number of para-hydroxylation sites is 1. The Morgan fingerprint density at radius 2 is 1.77 bits per heavy atom. The number of carbonyl (C=O) groups excluding carboxylic acids is 2. The summed E-state index contributed by atoms with van der Waals surface area (Å²) in [6.07, 6.45) is 3.28. The van der Waals surface area contributed by atoms with Crippen molar-refractivity contribution in [1.29, 1.82) is 0 Å². The molecule has 4 aromatic rings. The molecule has 10 nitrogen and oxygen atoms in total. The zero-order valence-electron chi connectivity index (χ0n) is 24.7. The molecule has 0 spiro atoms. The van der Waals surface area contributed by atoms with Crippen molar-refractivity contribution in [2.45, 2.75) is 40.3 Å². The molecule has 224 valence electrons. The molecule has 5 rings (SSSR count). The van der Waals surface area contributed by atoms with Crippen molar-refractivity contribution in [3.05, 3.63) is 90.7 Å². The number of ether oxygens (including phenoxy) is 4. The number of benzene rings is 2. The van der Waals surface area contributed by atoms with E-state index in [-0.39, 0.29) is 23.6 Å². The lowest BCUT2D eigenvalue weighted by molar-refractivity contribution is -0.143. The molecule has 0 saturated heterocycles. The Hall–Kier alpha value is -4.64. The maximum atomic E-state index is 14.1. The summed E-state index contributed by atoms with van der Waals surface area (Å²) < 4.78 is 25.7. The van der Waals surface area contributed by atoms with E-state index in [0.717, 1.165) is 22.2 Å². The highest BCUT2D eigenvalue weighted by Gasteiger charge is 2.31. The molecule has 0 amide bonds. The summed E-state index contributed by atoms with van der Waals surface area (Å²) in [5, 5.41) is 0.898. The van der Waals surface area contributed by atoms with Crippen LogP contribution in [0.25, 0.3) is 17.0 Å². The maximum absolute atomic E-state index is 14.1. The molecule has 0 aliphatic carbocycles. The summed E-state index contributed by atoms with van der Waals surface area (Å²) in [5.74, 6) is 0.149. The molecule has 3 heterocycles. The highest BCUT2D eigenvalue weighted by Crippen LogP contribution is 2.35. The Morgan fingerprint density at radius 3 is 2.49 bits per heavy atom. The molecule has 43 heavy (non-hydrogen) atoms. The van der Waals surface area contributed by atoms with Gasteiger partial charge in [0.05, 0.1) is 43.1 Å². The van der Waals surface area contributed by atoms with Crippen LogP contribution in [-0.4, -0.2) is 48.0 Å². The standard InChI is InChI=1S/C32H33N3O7S/c1-6-40-25-14-13-20(15-26(25)41-7-2)29-23(31(38)39-5)17-33-32-35(29)30(37)27(43-32)16-22-19(4)34(18-28(36)42-8-3)24-12-10-9-11-21(22)24/h9-17,29H,6-8,18H2,1-5H3/b27-16+/t29-/m1/s1. The highest BCUT2D eigenvalue weighted by atomic mass is 32.1. The number of nitrogens with zero attached hydrogens (tertiary/aromatic N) is 3. The molecule has 0 saturated carbocycles. The number of esters is 2. The number of aromatic nitrogens is 2. The summed E-state index contributed by atoms with van der Waals surface area (Å²) in [7, 11) is 1.30. The minimum absolute atomic E-state index is 0.0532. The Bertz CT molecular complexity index is 1920. The lowest BCUT2D eigenvalue weighted by Gasteiger charge is -2.23. The van der Waals surface area contributed by atoms with Gasteiger partial charge < -0.3 is 23.5 Å². The van der Waals surface area contributed by atoms with Gasteiger partial charge in [0.2, 0.25) is 0 Å². The van der Waals surface area contributed by atoms with Gasteiger partial charge >= 0.3 is 11.9 Å². The minimum Gasteiger partial charge on any atom is -0.490 e. The minimum atomic E-state index is -0.799. The summed E-state index contributed by atoms with van der Waals surface area (Å²) in [6.45, 7) is 8.65. The van der Waals surface area contributed by atoms with Crippen molar-refractivity contribution in [2.24, 2.45) is 4.99 Å². The zero-order valence-corrected chi connectivity index (χ0v) is 25.5. The lowest BCUT2D eigenvalue weighted by atomic mass is 9.97. The second-order valence-electron chi connectivity index (χ2n) is 9.66. The van der Waals surface area contributed by atoms with Crippen LogP contribution in [0.4, 0.5) is 0 Å². The first-order chi connectivity index (χ1) is 20.8. The molecule has 2 aromatic carbocycles. The van der Waals surface area contributed by atoms with Crippen molar-refractivity contribution in [2.75, 3.05) is 26.9 Å². The van der Waals surface area contributed by atoms with Gasteiger partial charge in [0.1, 0.15) is 6.54 Å². The molecule has 0 unspecified atom stereocenters. The topological polar surface area (TPSA) is 110 Å². The molecule has 0 N–H and O–H groups in total. The molecule has 11 heteroatoms. The van der Waals surface area contributed by atoms with E-state index < -0.39 is 12.0 Å². The summed E-state index contributed by atoms with van der Waals surface area (Å²) in [5.41, 5.74) is 3.05. The normalized spacial score (nSPS) is 14.6. The third kappa shape index (κ3) is 5.60. The van der Waals surface area contributed by atoms with E-state index >= 15 is 0 Å². The number of thiazole rings is 1. The van der Waals surface area contributed by atoms with Gasteiger partial charge in [0.25, 0.3) is 5.56 Å². The van der Waals surface area contributed by atoms with Gasteiger partial charge in [-0.2, -0.15) is 0 Å². The first-order valence-corrected chi connectivity index (χ1v) is 14.9. The van der Waals surface area contributed by atoms with Crippen molar-refractivity contribution in [3.63, 3.8) is 0 Å². The average Bonchev–Trinajstić information content (AvgIpc) is 3.46. The third-order valence-corrected chi connectivity index (χ3v) is 8.15. The van der Waals surface area contributed by atoms with E-state index in [4.69, 9.17) is 18.9 Å². The van der Waals surface area contributed by atoms with Crippen molar-refractivity contribution >= 4 is 40.3 Å². The van der Waals surface area contributed by atoms with Crippen LogP contribution in [0.15, 0.2) is 64.0 Å². The molecule has 0 bridgehead atoms. The monoisotopic (exact) mass is 603 g/mol. The largest absolute Gasteiger partial charge is 0.490 e. The fraction of sp³-hybridized carbons (Fsp3) is 0.312. The van der Waals surface area contributed by atoms with Crippen LogP contribution in [0.1, 0.15) is 43.6 Å². The van der Waals surface area contributed by atoms with Crippen LogP contribution >= 0.6 is 11.3 Å². The Balaban J connectivity index is 1.69. The van der Waals surface area contributed by atoms with Crippen LogP contribution < -0.4 is 24.4 Å². The lowest BCUT2D eigenvalue weighted by Crippen LogP contribution is -2.39. The van der Waals surface area contributed by atoms with Gasteiger partial charge in [-0.05, 0) is 57.5 Å². The van der Waals surface area contributed by atoms with E-state index in [2.05, 4.69) is 4.99 Å². The molecule has 0 fully saturated rings. The van der Waals surface area contributed by atoms with Gasteiger partial charge in [-0.25, -0.2) is 9.79 Å². The Labute approximate surface area is 252 Å². The van der Waals surface area contributed by atoms with Gasteiger partial charge in [-0.3, -0.25) is 14.2 Å². The number of fused-ring (bicyclic) bond motifs is 2.